The first-order valence-electron chi connectivity index (χ1n) is 10.0. The van der Waals surface area contributed by atoms with Gasteiger partial charge in [-0.1, -0.05) is 21.6 Å². The SMILES string of the molecule is COc1ccc(N2C(=O)C(NC(=O)c3cc(C(F)(F)F)cc(C(F)(F)F)c3)C3SSC=C32)c(OC)c1. The van der Waals surface area contributed by atoms with Crippen LogP contribution in [0.4, 0.5) is 32.0 Å². The van der Waals surface area contributed by atoms with Crippen molar-refractivity contribution in [2.24, 2.45) is 0 Å². The van der Waals surface area contributed by atoms with Gasteiger partial charge in [0.05, 0.1) is 36.3 Å². The van der Waals surface area contributed by atoms with E-state index in [1.165, 1.54) is 40.7 Å². The van der Waals surface area contributed by atoms with Crippen LogP contribution in [0, 0.1) is 0 Å². The van der Waals surface area contributed by atoms with Gasteiger partial charge < -0.3 is 14.8 Å². The molecule has 36 heavy (non-hydrogen) atoms. The van der Waals surface area contributed by atoms with Gasteiger partial charge in [-0.2, -0.15) is 26.3 Å². The molecule has 2 atom stereocenters. The number of nitrogens with zero attached hydrogens (tertiary/aromatic N) is 1. The zero-order valence-corrected chi connectivity index (χ0v) is 20.0. The third-order valence-corrected chi connectivity index (χ3v) is 7.85. The zero-order chi connectivity index (χ0) is 26.4. The molecule has 0 saturated carbocycles. The Morgan fingerprint density at radius 2 is 1.61 bits per heavy atom. The highest BCUT2D eigenvalue weighted by atomic mass is 33.1. The van der Waals surface area contributed by atoms with E-state index < -0.39 is 52.1 Å². The molecule has 2 aliphatic heterocycles. The minimum Gasteiger partial charge on any atom is -0.497 e. The van der Waals surface area contributed by atoms with Crippen LogP contribution < -0.4 is 19.7 Å². The number of methoxy groups -OCH3 is 2. The lowest BCUT2D eigenvalue weighted by Crippen LogP contribution is -2.45. The Hall–Kier alpha value is -3.00. The van der Waals surface area contributed by atoms with E-state index in [-0.39, 0.29) is 11.8 Å². The number of anilines is 1. The van der Waals surface area contributed by atoms with Crippen molar-refractivity contribution in [1.82, 2.24) is 5.32 Å². The largest absolute Gasteiger partial charge is 0.497 e. The summed E-state index contributed by atoms with van der Waals surface area (Å²) < 4.78 is 89.8. The summed E-state index contributed by atoms with van der Waals surface area (Å²) in [5.74, 6) is -1.13. The standard InChI is InChI=1S/C22H16F6N2O4S2/c1-33-13-3-4-14(16(8-13)34-2)30-15-9-35-36-18(15)17(20(30)32)29-19(31)10-5-11(21(23,24)25)7-12(6-10)22(26,27)28/h3-9,17-18H,1-2H3,(H,29,31). The van der Waals surface area contributed by atoms with Gasteiger partial charge >= 0.3 is 12.4 Å². The molecule has 1 N–H and O–H groups in total. The summed E-state index contributed by atoms with van der Waals surface area (Å²) in [5.41, 5.74) is -3.30. The molecule has 0 spiro atoms. The van der Waals surface area contributed by atoms with Crippen molar-refractivity contribution in [1.29, 1.82) is 0 Å². The summed E-state index contributed by atoms with van der Waals surface area (Å²) in [5, 5.41) is 3.37. The number of nitrogens with one attached hydrogen (secondary N) is 1. The number of rotatable bonds is 5. The van der Waals surface area contributed by atoms with Crippen LogP contribution in [0.1, 0.15) is 21.5 Å². The van der Waals surface area contributed by atoms with Crippen molar-refractivity contribution in [3.05, 3.63) is 64.2 Å². The second kappa shape index (κ2) is 9.47. The highest BCUT2D eigenvalue weighted by Gasteiger charge is 2.49. The summed E-state index contributed by atoms with van der Waals surface area (Å²) in [7, 11) is 5.32. The minimum atomic E-state index is -5.12. The Bertz CT molecular complexity index is 1220. The van der Waals surface area contributed by atoms with Gasteiger partial charge in [0.1, 0.15) is 17.5 Å². The first-order chi connectivity index (χ1) is 16.8. The molecule has 2 aromatic rings. The van der Waals surface area contributed by atoms with Gasteiger partial charge in [0, 0.05) is 22.7 Å². The lowest BCUT2D eigenvalue weighted by atomic mass is 10.0. The van der Waals surface area contributed by atoms with Gasteiger partial charge in [0.25, 0.3) is 11.8 Å². The number of halogens is 6. The van der Waals surface area contributed by atoms with E-state index in [1.54, 1.807) is 23.6 Å². The highest BCUT2D eigenvalue weighted by molar-refractivity contribution is 8.78. The summed E-state index contributed by atoms with van der Waals surface area (Å²) >= 11 is 0. The molecule has 1 fully saturated rings. The summed E-state index contributed by atoms with van der Waals surface area (Å²) in [6, 6.07) is 4.01. The van der Waals surface area contributed by atoms with Crippen LogP contribution in [0.25, 0.3) is 0 Å². The van der Waals surface area contributed by atoms with Crippen molar-refractivity contribution in [3.63, 3.8) is 0 Å². The van der Waals surface area contributed by atoms with Crippen LogP contribution in [0.15, 0.2) is 47.5 Å². The van der Waals surface area contributed by atoms with Gasteiger partial charge in [-0.15, -0.1) is 0 Å². The maximum Gasteiger partial charge on any atom is 0.416 e. The van der Waals surface area contributed by atoms with Crippen molar-refractivity contribution in [3.8, 4) is 11.5 Å². The van der Waals surface area contributed by atoms with Gasteiger partial charge in [0.2, 0.25) is 0 Å². The predicted molar refractivity (Wildman–Crippen MR) is 122 cm³/mol. The lowest BCUT2D eigenvalue weighted by Gasteiger charge is -2.21. The number of hydrogen-bond acceptors (Lipinski definition) is 6. The van der Waals surface area contributed by atoms with Crippen LogP contribution >= 0.6 is 21.6 Å². The van der Waals surface area contributed by atoms with Gasteiger partial charge in [-0.3, -0.25) is 14.5 Å². The first kappa shape index (κ1) is 26.1. The number of hydrogen-bond donors (Lipinski definition) is 1. The molecule has 4 rings (SSSR count). The maximum absolute atomic E-state index is 13.4. The number of carbonyl (C=O) groups excluding carboxylic acids is 2. The second-order valence-corrected chi connectivity index (χ2v) is 9.90. The van der Waals surface area contributed by atoms with E-state index in [0.717, 1.165) is 0 Å². The van der Waals surface area contributed by atoms with E-state index >= 15 is 0 Å². The van der Waals surface area contributed by atoms with Crippen LogP contribution in [0.3, 0.4) is 0 Å². The fraction of sp³-hybridized carbons (Fsp3) is 0.273. The average Bonchev–Trinajstić information content (AvgIpc) is 3.38. The molecule has 0 radical (unpaired) electrons. The Balaban J connectivity index is 1.68. The Kier molecular flexibility index (Phi) is 6.86. The number of amides is 2. The van der Waals surface area contributed by atoms with Crippen LogP contribution in [0.5, 0.6) is 11.5 Å². The van der Waals surface area contributed by atoms with Crippen molar-refractivity contribution < 1.29 is 45.4 Å². The quantitative estimate of drug-likeness (QED) is 0.392. The maximum atomic E-state index is 13.4. The molecular weight excluding hydrogens is 534 g/mol. The van der Waals surface area contributed by atoms with Crippen LogP contribution in [0.2, 0.25) is 0 Å². The molecule has 2 aliphatic rings. The summed E-state index contributed by atoms with van der Waals surface area (Å²) in [4.78, 5) is 27.5. The van der Waals surface area contributed by atoms with Crippen LogP contribution in [-0.2, 0) is 17.1 Å². The smallest absolute Gasteiger partial charge is 0.416 e. The summed E-state index contributed by atoms with van der Waals surface area (Å²) in [6.07, 6.45) is -10.2. The molecule has 14 heteroatoms. The second-order valence-electron chi connectivity index (χ2n) is 7.61. The Morgan fingerprint density at radius 3 is 2.17 bits per heavy atom. The van der Waals surface area contributed by atoms with Gasteiger partial charge in [0.15, 0.2) is 0 Å². The molecule has 2 unspecified atom stereocenters. The number of fused-ring (bicyclic) bond motifs is 1. The summed E-state index contributed by atoms with van der Waals surface area (Å²) in [6.45, 7) is 0. The molecule has 0 bridgehead atoms. The zero-order valence-electron chi connectivity index (χ0n) is 18.4. The highest BCUT2D eigenvalue weighted by Crippen LogP contribution is 2.50. The lowest BCUT2D eigenvalue weighted by molar-refractivity contribution is -0.143. The van der Waals surface area contributed by atoms with E-state index in [9.17, 15) is 35.9 Å². The monoisotopic (exact) mass is 550 g/mol. The van der Waals surface area contributed by atoms with Crippen molar-refractivity contribution in [2.75, 3.05) is 19.1 Å². The van der Waals surface area contributed by atoms with Gasteiger partial charge in [-0.05, 0) is 30.3 Å². The first-order valence-corrected chi connectivity index (χ1v) is 12.3. The molecule has 2 amide bonds. The normalized spacial score (nSPS) is 19.7. The van der Waals surface area contributed by atoms with E-state index in [2.05, 4.69) is 5.32 Å². The number of carbonyl (C=O) groups is 2. The molecule has 0 aromatic heterocycles. The number of alkyl halides is 6. The van der Waals surface area contributed by atoms with E-state index in [4.69, 9.17) is 9.47 Å². The fourth-order valence-electron chi connectivity index (χ4n) is 3.73. The topological polar surface area (TPSA) is 67.9 Å². The van der Waals surface area contributed by atoms with E-state index in [1.807, 2.05) is 0 Å². The van der Waals surface area contributed by atoms with E-state index in [0.29, 0.717) is 29.3 Å². The Morgan fingerprint density at radius 1 is 0.972 bits per heavy atom. The third kappa shape index (κ3) is 4.83. The molecule has 0 aliphatic carbocycles. The van der Waals surface area contributed by atoms with Gasteiger partial charge in [-0.25, -0.2) is 0 Å². The molecule has 192 valence electrons. The predicted octanol–water partition coefficient (Wildman–Crippen LogP) is 5.49. The van der Waals surface area contributed by atoms with Crippen molar-refractivity contribution in [2.45, 2.75) is 23.6 Å². The fourth-order valence-corrected chi connectivity index (χ4v) is 6.36. The third-order valence-electron chi connectivity index (χ3n) is 5.43. The Labute approximate surface area is 208 Å². The molecule has 2 heterocycles. The molecule has 2 aromatic carbocycles. The van der Waals surface area contributed by atoms with Crippen LogP contribution in [-0.4, -0.2) is 37.3 Å². The molecular formula is C22H16F6N2O4S2. The molecule has 1 saturated heterocycles. The number of ether oxygens (including phenoxy) is 2. The number of benzene rings is 2. The minimum absolute atomic E-state index is 0.0699. The van der Waals surface area contributed by atoms with Crippen molar-refractivity contribution >= 4 is 39.1 Å². The molecule has 6 nitrogen and oxygen atoms in total. The average molecular weight is 551 g/mol.